The third-order valence-corrected chi connectivity index (χ3v) is 7.01. The molecule has 0 fully saturated rings. The fourth-order valence-electron chi connectivity index (χ4n) is 3.83. The van der Waals surface area contributed by atoms with Crippen LogP contribution in [-0.4, -0.2) is 46.2 Å². The Balaban J connectivity index is 1.83. The van der Waals surface area contributed by atoms with Crippen molar-refractivity contribution in [2.24, 2.45) is 9.39 Å². The number of amides is 1. The number of benzene rings is 1. The van der Waals surface area contributed by atoms with Gasteiger partial charge in [0.1, 0.15) is 5.84 Å². The Kier molecular flexibility index (Phi) is 5.01. The van der Waals surface area contributed by atoms with Crippen LogP contribution in [0.4, 0.5) is 0 Å². The van der Waals surface area contributed by atoms with Gasteiger partial charge in [-0.05, 0) is 56.5 Å². The number of nitrogens with one attached hydrogen (secondary N) is 1. The van der Waals surface area contributed by atoms with Crippen molar-refractivity contribution >= 4 is 49.9 Å². The molecule has 2 aliphatic rings. The smallest absolute Gasteiger partial charge is 0.283 e. The largest absolute Gasteiger partial charge is 0.317 e. The first-order chi connectivity index (χ1) is 14.5. The van der Waals surface area contributed by atoms with Crippen LogP contribution in [0.5, 0.6) is 0 Å². The normalized spacial score (nSPS) is 17.8. The summed E-state index contributed by atoms with van der Waals surface area (Å²) in [7, 11) is -3.69. The van der Waals surface area contributed by atoms with Gasteiger partial charge in [-0.1, -0.05) is 18.2 Å². The molecule has 0 aliphatic carbocycles. The molecule has 1 aromatic heterocycles. The van der Waals surface area contributed by atoms with Gasteiger partial charge in [-0.25, -0.2) is 13.3 Å². The molecule has 2 aliphatic heterocycles. The van der Waals surface area contributed by atoms with Crippen molar-refractivity contribution in [1.82, 2.24) is 9.47 Å². The Hall–Kier alpha value is -2.98. The number of nitrogens with zero attached hydrogens (tertiary/aromatic N) is 4. The minimum absolute atomic E-state index is 0.0179. The minimum Gasteiger partial charge on any atom is -0.317 e. The molecular formula is C21H21N5O3S2. The second-order valence-electron chi connectivity index (χ2n) is 7.58. The van der Waals surface area contributed by atoms with Crippen LogP contribution >= 0.6 is 11.9 Å². The van der Waals surface area contributed by atoms with Gasteiger partial charge in [-0.3, -0.25) is 10.2 Å². The van der Waals surface area contributed by atoms with Gasteiger partial charge >= 0.3 is 0 Å². The minimum atomic E-state index is -3.69. The van der Waals surface area contributed by atoms with Crippen LogP contribution in [0, 0.1) is 33.1 Å². The highest BCUT2D eigenvalue weighted by Gasteiger charge is 2.41. The summed E-state index contributed by atoms with van der Waals surface area (Å²) < 4.78 is 30.1. The van der Waals surface area contributed by atoms with Crippen molar-refractivity contribution in [3.05, 3.63) is 57.9 Å². The van der Waals surface area contributed by atoms with E-state index >= 15 is 0 Å². The van der Waals surface area contributed by atoms with E-state index in [1.54, 1.807) is 6.08 Å². The van der Waals surface area contributed by atoms with Crippen LogP contribution in [-0.2, 0) is 14.6 Å². The molecule has 31 heavy (non-hydrogen) atoms. The van der Waals surface area contributed by atoms with Crippen molar-refractivity contribution in [3.63, 3.8) is 0 Å². The SMILES string of the molecule is Cc1cccc(C)c1-n1c(C)cc(/C=C2/C(=N)N3C(=NC2=O)SN=C3S(C)(=O)=O)c1C. The fourth-order valence-corrected chi connectivity index (χ4v) is 5.67. The van der Waals surface area contributed by atoms with E-state index in [1.807, 2.05) is 52.0 Å². The molecule has 1 amide bonds. The summed E-state index contributed by atoms with van der Waals surface area (Å²) in [6.45, 7) is 8.03. The molecule has 10 heteroatoms. The van der Waals surface area contributed by atoms with E-state index in [2.05, 4.69) is 14.0 Å². The van der Waals surface area contributed by atoms with Crippen LogP contribution in [0.2, 0.25) is 0 Å². The van der Waals surface area contributed by atoms with Crippen LogP contribution in [0.3, 0.4) is 0 Å². The van der Waals surface area contributed by atoms with Crippen molar-refractivity contribution in [2.75, 3.05) is 6.26 Å². The van der Waals surface area contributed by atoms with Crippen molar-refractivity contribution in [2.45, 2.75) is 27.7 Å². The average Bonchev–Trinajstić information content (AvgIpc) is 3.21. The van der Waals surface area contributed by atoms with E-state index in [-0.39, 0.29) is 21.7 Å². The van der Waals surface area contributed by atoms with Gasteiger partial charge in [-0.2, -0.15) is 9.39 Å². The number of carbonyl (C=O) groups excluding carboxylic acids is 1. The van der Waals surface area contributed by atoms with E-state index in [1.165, 1.54) is 0 Å². The number of rotatable bonds is 2. The number of amidine groups is 3. The van der Waals surface area contributed by atoms with Crippen LogP contribution in [0.15, 0.2) is 39.2 Å². The number of fused-ring (bicyclic) bond motifs is 1. The van der Waals surface area contributed by atoms with Gasteiger partial charge in [0.25, 0.3) is 5.91 Å². The highest BCUT2D eigenvalue weighted by molar-refractivity contribution is 8.16. The highest BCUT2D eigenvalue weighted by Crippen LogP contribution is 2.31. The fraction of sp³-hybridized carbons (Fsp3) is 0.238. The molecule has 8 nitrogen and oxygen atoms in total. The molecule has 1 N–H and O–H groups in total. The highest BCUT2D eigenvalue weighted by atomic mass is 32.2. The van der Waals surface area contributed by atoms with Crippen molar-refractivity contribution < 1.29 is 13.2 Å². The molecule has 0 saturated heterocycles. The number of carbonyl (C=O) groups is 1. The van der Waals surface area contributed by atoms with Gasteiger partial charge in [-0.15, -0.1) is 0 Å². The number of sulfone groups is 1. The summed E-state index contributed by atoms with van der Waals surface area (Å²) in [6.07, 6.45) is 2.61. The van der Waals surface area contributed by atoms with Crippen molar-refractivity contribution in [3.8, 4) is 5.69 Å². The predicted molar refractivity (Wildman–Crippen MR) is 125 cm³/mol. The van der Waals surface area contributed by atoms with E-state index in [0.29, 0.717) is 0 Å². The summed E-state index contributed by atoms with van der Waals surface area (Å²) in [4.78, 5) is 17.7. The number of aromatic nitrogens is 1. The molecule has 160 valence electrons. The van der Waals surface area contributed by atoms with Crippen LogP contribution in [0.1, 0.15) is 28.1 Å². The number of aryl methyl sites for hydroxylation is 3. The van der Waals surface area contributed by atoms with Crippen molar-refractivity contribution in [1.29, 1.82) is 5.41 Å². The van der Waals surface area contributed by atoms with Gasteiger partial charge in [0.05, 0.1) is 23.2 Å². The zero-order chi connectivity index (χ0) is 22.7. The Morgan fingerprint density at radius 3 is 2.39 bits per heavy atom. The molecule has 4 rings (SSSR count). The lowest BCUT2D eigenvalue weighted by atomic mass is 10.1. The summed E-state index contributed by atoms with van der Waals surface area (Å²) >= 11 is 0.779. The lowest BCUT2D eigenvalue weighted by molar-refractivity contribution is -0.114. The Morgan fingerprint density at radius 1 is 1.13 bits per heavy atom. The number of hydrogen-bond acceptors (Lipinski definition) is 6. The lowest BCUT2D eigenvalue weighted by Crippen LogP contribution is -2.45. The van der Waals surface area contributed by atoms with E-state index in [9.17, 15) is 13.2 Å². The molecule has 0 bridgehead atoms. The first-order valence-electron chi connectivity index (χ1n) is 9.45. The third kappa shape index (κ3) is 3.45. The van der Waals surface area contributed by atoms with Gasteiger partial charge < -0.3 is 4.57 Å². The maximum atomic E-state index is 12.6. The Labute approximate surface area is 185 Å². The summed E-state index contributed by atoms with van der Waals surface area (Å²) in [5, 5.41) is 8.30. The zero-order valence-electron chi connectivity index (χ0n) is 17.7. The number of hydrogen-bond donors (Lipinski definition) is 1. The topological polar surface area (TPSA) is 108 Å². The van der Waals surface area contributed by atoms with Crippen LogP contribution in [0.25, 0.3) is 11.8 Å². The predicted octanol–water partition coefficient (Wildman–Crippen LogP) is 3.33. The van der Waals surface area contributed by atoms with Crippen LogP contribution < -0.4 is 0 Å². The number of para-hydroxylation sites is 1. The van der Waals surface area contributed by atoms with Gasteiger partial charge in [0.15, 0.2) is 0 Å². The first-order valence-corrected chi connectivity index (χ1v) is 12.1. The molecule has 0 atom stereocenters. The van der Waals surface area contributed by atoms with E-state index in [4.69, 9.17) is 5.41 Å². The molecule has 0 spiro atoms. The summed E-state index contributed by atoms with van der Waals surface area (Å²) in [5.74, 6) is -0.841. The van der Waals surface area contributed by atoms with Gasteiger partial charge in [0, 0.05) is 17.6 Å². The van der Waals surface area contributed by atoms with Gasteiger partial charge in [0.2, 0.25) is 20.2 Å². The first kappa shape index (κ1) is 21.3. The summed E-state index contributed by atoms with van der Waals surface area (Å²) in [6, 6.07) is 8.05. The molecule has 0 unspecified atom stereocenters. The molecular weight excluding hydrogens is 434 g/mol. The monoisotopic (exact) mass is 455 g/mol. The average molecular weight is 456 g/mol. The number of aliphatic imine (C=N–C) groups is 1. The molecule has 0 saturated carbocycles. The standard InChI is InChI=1S/C21H21N5O3S2/c1-11-7-6-8-12(2)17(11)25-13(3)9-15(14(25)4)10-16-18(22)26-20(23-19(16)27)30-24-21(26)31(5,28)29/h6-10,22H,1-5H3/b16-10-,22-18?. The van der Waals surface area contributed by atoms with E-state index < -0.39 is 15.7 Å². The third-order valence-electron chi connectivity index (χ3n) is 5.26. The van der Waals surface area contributed by atoms with E-state index in [0.717, 1.165) is 56.9 Å². The second kappa shape index (κ2) is 7.31. The Morgan fingerprint density at radius 2 is 1.77 bits per heavy atom. The zero-order valence-corrected chi connectivity index (χ0v) is 19.3. The molecule has 0 radical (unpaired) electrons. The lowest BCUT2D eigenvalue weighted by Gasteiger charge is -2.23. The molecule has 1 aromatic carbocycles. The quantitative estimate of drug-likeness (QED) is 0.552. The maximum Gasteiger partial charge on any atom is 0.283 e. The Bertz CT molecular complexity index is 1340. The molecule has 2 aromatic rings. The maximum absolute atomic E-state index is 12.6. The molecule has 3 heterocycles. The second-order valence-corrected chi connectivity index (χ2v) is 10.2. The summed E-state index contributed by atoms with van der Waals surface area (Å²) in [5.41, 5.74) is 6.00.